The van der Waals surface area contributed by atoms with Gasteiger partial charge in [0.05, 0.1) is 18.4 Å². The highest BCUT2D eigenvalue weighted by atomic mass is 16.5. The van der Waals surface area contributed by atoms with Gasteiger partial charge in [-0.3, -0.25) is 9.69 Å². The number of nitrogens with zero attached hydrogens (tertiary/aromatic N) is 1. The summed E-state index contributed by atoms with van der Waals surface area (Å²) in [6.07, 6.45) is 6.17. The topological polar surface area (TPSA) is 61.8 Å². The first kappa shape index (κ1) is 19.7. The lowest BCUT2D eigenvalue weighted by Crippen LogP contribution is -2.42. The molecule has 2 rings (SSSR count). The summed E-state index contributed by atoms with van der Waals surface area (Å²) in [7, 11) is 0. The second-order valence-corrected chi connectivity index (χ2v) is 6.86. The first-order valence-corrected chi connectivity index (χ1v) is 9.54. The van der Waals surface area contributed by atoms with Crippen molar-refractivity contribution in [3.05, 3.63) is 24.3 Å². The number of hydrogen-bond donors (Lipinski definition) is 2. The number of amides is 1. The zero-order valence-electron chi connectivity index (χ0n) is 15.5. The molecule has 0 bridgehead atoms. The summed E-state index contributed by atoms with van der Waals surface area (Å²) in [5.74, 6) is 0.685. The number of aliphatic hydroxyl groups excluding tert-OH is 1. The van der Waals surface area contributed by atoms with Gasteiger partial charge in [0.25, 0.3) is 0 Å². The van der Waals surface area contributed by atoms with Gasteiger partial charge >= 0.3 is 0 Å². The van der Waals surface area contributed by atoms with E-state index in [-0.39, 0.29) is 12.0 Å². The molecule has 0 aromatic heterocycles. The molecule has 25 heavy (non-hydrogen) atoms. The lowest BCUT2D eigenvalue weighted by molar-refractivity contribution is -0.116. The summed E-state index contributed by atoms with van der Waals surface area (Å²) in [4.78, 5) is 14.7. The number of carbonyl (C=O) groups excluding carboxylic acids is 1. The summed E-state index contributed by atoms with van der Waals surface area (Å²) in [6, 6.07) is 8.00. The number of carbonyl (C=O) groups is 1. The Morgan fingerprint density at radius 2 is 2.04 bits per heavy atom. The molecule has 5 heteroatoms. The highest BCUT2D eigenvalue weighted by molar-refractivity contribution is 5.92. The van der Waals surface area contributed by atoms with Crippen LogP contribution in [0, 0.1) is 0 Å². The molecule has 2 N–H and O–H groups in total. The van der Waals surface area contributed by atoms with Crippen molar-refractivity contribution in [3.8, 4) is 5.75 Å². The number of aliphatic hydroxyl groups is 1. The van der Waals surface area contributed by atoms with Crippen molar-refractivity contribution in [2.75, 3.05) is 25.0 Å². The molecule has 1 saturated carbocycles. The monoisotopic (exact) mass is 348 g/mol. The Bertz CT molecular complexity index is 527. The SMILES string of the molecule is CCOc1ccccc1NC(=O)CCN(CC(C)O)C1CCCCC1. The van der Waals surface area contributed by atoms with Gasteiger partial charge in [-0.1, -0.05) is 31.4 Å². The largest absolute Gasteiger partial charge is 0.492 e. The highest BCUT2D eigenvalue weighted by Crippen LogP contribution is 2.25. The van der Waals surface area contributed by atoms with Crippen LogP contribution in [-0.2, 0) is 4.79 Å². The Kier molecular flexibility index (Phi) is 8.22. The number of anilines is 1. The van der Waals surface area contributed by atoms with E-state index in [1.165, 1.54) is 32.1 Å². The van der Waals surface area contributed by atoms with Crippen molar-refractivity contribution in [2.45, 2.75) is 64.5 Å². The zero-order chi connectivity index (χ0) is 18.1. The van der Waals surface area contributed by atoms with Gasteiger partial charge in [0.2, 0.25) is 5.91 Å². The average Bonchev–Trinajstić information content (AvgIpc) is 2.61. The number of hydrogen-bond acceptors (Lipinski definition) is 4. The maximum absolute atomic E-state index is 12.4. The van der Waals surface area contributed by atoms with Crippen molar-refractivity contribution in [1.29, 1.82) is 0 Å². The quantitative estimate of drug-likeness (QED) is 0.718. The Labute approximate surface area is 151 Å². The van der Waals surface area contributed by atoms with Crippen LogP contribution in [0.15, 0.2) is 24.3 Å². The van der Waals surface area contributed by atoms with E-state index in [0.29, 0.717) is 43.6 Å². The van der Waals surface area contributed by atoms with Gasteiger partial charge in [-0.2, -0.15) is 0 Å². The minimum Gasteiger partial charge on any atom is -0.492 e. The molecule has 140 valence electrons. The lowest BCUT2D eigenvalue weighted by Gasteiger charge is -2.35. The Hall–Kier alpha value is -1.59. The summed E-state index contributed by atoms with van der Waals surface area (Å²) in [6.45, 7) is 5.62. The van der Waals surface area contributed by atoms with Crippen LogP contribution in [0.2, 0.25) is 0 Å². The molecular weight excluding hydrogens is 316 g/mol. The van der Waals surface area contributed by atoms with Crippen LogP contribution < -0.4 is 10.1 Å². The standard InChI is InChI=1S/C20H32N2O3/c1-3-25-19-12-8-7-11-18(19)21-20(24)13-14-22(15-16(2)23)17-9-5-4-6-10-17/h7-8,11-12,16-17,23H,3-6,9-10,13-15H2,1-2H3,(H,21,24). The van der Waals surface area contributed by atoms with Gasteiger partial charge in [0.15, 0.2) is 0 Å². The van der Waals surface area contributed by atoms with Crippen LogP contribution in [0.4, 0.5) is 5.69 Å². The van der Waals surface area contributed by atoms with E-state index in [1.807, 2.05) is 38.1 Å². The third kappa shape index (κ3) is 6.67. The molecule has 1 aromatic rings. The molecule has 1 aromatic carbocycles. The van der Waals surface area contributed by atoms with E-state index < -0.39 is 0 Å². The van der Waals surface area contributed by atoms with Crippen LogP contribution in [0.5, 0.6) is 5.75 Å². The van der Waals surface area contributed by atoms with Crippen molar-refractivity contribution in [3.63, 3.8) is 0 Å². The summed E-state index contributed by atoms with van der Waals surface area (Å²) < 4.78 is 5.55. The predicted molar refractivity (Wildman–Crippen MR) is 101 cm³/mol. The fourth-order valence-corrected chi connectivity index (χ4v) is 3.52. The van der Waals surface area contributed by atoms with Gasteiger partial charge < -0.3 is 15.2 Å². The first-order valence-electron chi connectivity index (χ1n) is 9.54. The fourth-order valence-electron chi connectivity index (χ4n) is 3.52. The molecule has 1 amide bonds. The number of rotatable bonds is 9. The number of benzene rings is 1. The summed E-state index contributed by atoms with van der Waals surface area (Å²) in [5.41, 5.74) is 0.717. The predicted octanol–water partition coefficient (Wildman–Crippen LogP) is 3.43. The fraction of sp³-hybridized carbons (Fsp3) is 0.650. The van der Waals surface area contributed by atoms with Crippen molar-refractivity contribution >= 4 is 11.6 Å². The summed E-state index contributed by atoms with van der Waals surface area (Å²) in [5, 5.41) is 12.7. The van der Waals surface area contributed by atoms with Crippen LogP contribution in [0.3, 0.4) is 0 Å². The number of nitrogens with one attached hydrogen (secondary N) is 1. The molecule has 5 nitrogen and oxygen atoms in total. The molecule has 0 saturated heterocycles. The minimum absolute atomic E-state index is 0.0152. The molecule has 0 spiro atoms. The second-order valence-electron chi connectivity index (χ2n) is 6.86. The van der Waals surface area contributed by atoms with Crippen LogP contribution >= 0.6 is 0 Å². The maximum atomic E-state index is 12.4. The smallest absolute Gasteiger partial charge is 0.225 e. The van der Waals surface area contributed by atoms with E-state index in [0.717, 1.165) is 0 Å². The van der Waals surface area contributed by atoms with Crippen molar-refractivity contribution in [2.24, 2.45) is 0 Å². The Balaban J connectivity index is 1.89. The first-order chi connectivity index (χ1) is 12.1. The number of para-hydroxylation sites is 2. The van der Waals surface area contributed by atoms with Crippen molar-refractivity contribution in [1.82, 2.24) is 4.90 Å². The number of ether oxygens (including phenoxy) is 1. The van der Waals surface area contributed by atoms with Gasteiger partial charge in [-0.15, -0.1) is 0 Å². The molecule has 1 unspecified atom stereocenters. The molecule has 1 atom stereocenters. The molecule has 1 fully saturated rings. The minimum atomic E-state index is -0.372. The average molecular weight is 348 g/mol. The van der Waals surface area contributed by atoms with Crippen LogP contribution in [0.25, 0.3) is 0 Å². The summed E-state index contributed by atoms with van der Waals surface area (Å²) >= 11 is 0. The van der Waals surface area contributed by atoms with E-state index in [1.54, 1.807) is 0 Å². The third-order valence-corrected chi connectivity index (χ3v) is 4.68. The Morgan fingerprint density at radius 1 is 1.32 bits per heavy atom. The molecule has 1 aliphatic carbocycles. The molecule has 1 aliphatic rings. The highest BCUT2D eigenvalue weighted by Gasteiger charge is 2.22. The van der Waals surface area contributed by atoms with E-state index in [2.05, 4.69) is 10.2 Å². The zero-order valence-corrected chi connectivity index (χ0v) is 15.5. The normalized spacial score (nSPS) is 16.6. The third-order valence-electron chi connectivity index (χ3n) is 4.68. The van der Waals surface area contributed by atoms with Crippen molar-refractivity contribution < 1.29 is 14.6 Å². The molecule has 0 aliphatic heterocycles. The van der Waals surface area contributed by atoms with E-state index >= 15 is 0 Å². The lowest BCUT2D eigenvalue weighted by atomic mass is 9.94. The molecule has 0 radical (unpaired) electrons. The van der Waals surface area contributed by atoms with Gasteiger partial charge in [0, 0.05) is 25.6 Å². The molecule has 0 heterocycles. The maximum Gasteiger partial charge on any atom is 0.225 e. The van der Waals surface area contributed by atoms with E-state index in [4.69, 9.17) is 4.74 Å². The van der Waals surface area contributed by atoms with Gasteiger partial charge in [-0.25, -0.2) is 0 Å². The van der Waals surface area contributed by atoms with E-state index in [9.17, 15) is 9.90 Å². The van der Waals surface area contributed by atoms with Gasteiger partial charge in [0.1, 0.15) is 5.75 Å². The second kappa shape index (κ2) is 10.4. The van der Waals surface area contributed by atoms with Crippen LogP contribution in [-0.4, -0.2) is 47.8 Å². The van der Waals surface area contributed by atoms with Gasteiger partial charge in [-0.05, 0) is 38.8 Å². The molecular formula is C20H32N2O3. The Morgan fingerprint density at radius 3 is 2.72 bits per heavy atom. The van der Waals surface area contributed by atoms with Crippen LogP contribution in [0.1, 0.15) is 52.4 Å².